The lowest BCUT2D eigenvalue weighted by molar-refractivity contribution is 0.102. The molecule has 5 nitrogen and oxygen atoms in total. The van der Waals surface area contributed by atoms with E-state index < -0.39 is 0 Å². The number of nitrogens with zero attached hydrogens (tertiary/aromatic N) is 2. The van der Waals surface area contributed by atoms with E-state index in [9.17, 15) is 4.79 Å². The molecule has 0 bridgehead atoms. The zero-order valence-electron chi connectivity index (χ0n) is 8.45. The number of H-pyrrole nitrogens is 1. The fraction of sp³-hybridized carbons (Fsp3) is 0.125. The largest absolute Gasteiger partial charge is 0.291 e. The summed E-state index contributed by atoms with van der Waals surface area (Å²) in [5, 5.41) is 9.56. The summed E-state index contributed by atoms with van der Waals surface area (Å²) in [6.45, 7) is 0. The summed E-state index contributed by atoms with van der Waals surface area (Å²) in [6.07, 6.45) is 1.84. The number of hydrogen-bond donors (Lipinski definition) is 2. The molecule has 2 rings (SSSR count). The van der Waals surface area contributed by atoms with Gasteiger partial charge in [-0.15, -0.1) is 16.4 Å². The van der Waals surface area contributed by atoms with Gasteiger partial charge in [-0.3, -0.25) is 10.1 Å². The van der Waals surface area contributed by atoms with Crippen molar-refractivity contribution in [2.24, 2.45) is 0 Å². The molecule has 0 saturated heterocycles. The van der Waals surface area contributed by atoms with Gasteiger partial charge < -0.3 is 0 Å². The molecule has 0 spiro atoms. The van der Waals surface area contributed by atoms with Gasteiger partial charge in [0.15, 0.2) is 0 Å². The Hall–Kier alpha value is -0.760. The van der Waals surface area contributed by atoms with Crippen LogP contribution in [0.1, 0.15) is 10.4 Å². The molecule has 90 valence electrons. The fourth-order valence-corrected chi connectivity index (χ4v) is 2.84. The number of nitrogens with one attached hydrogen (secondary N) is 2. The van der Waals surface area contributed by atoms with Crippen LogP contribution < -0.4 is 5.32 Å². The Morgan fingerprint density at radius 1 is 1.59 bits per heavy atom. The third-order valence-electron chi connectivity index (χ3n) is 1.78. The van der Waals surface area contributed by atoms with Crippen molar-refractivity contribution >= 4 is 58.2 Å². The van der Waals surface area contributed by atoms with Gasteiger partial charge in [0.1, 0.15) is 4.34 Å². The van der Waals surface area contributed by atoms with E-state index in [4.69, 9.17) is 23.2 Å². The minimum atomic E-state index is -0.373. The molecule has 1 amide bonds. The summed E-state index contributed by atoms with van der Waals surface area (Å²) < 4.78 is 0.805. The summed E-state index contributed by atoms with van der Waals surface area (Å²) in [6, 6.07) is 1.51. The lowest BCUT2D eigenvalue weighted by atomic mass is 10.3. The third kappa shape index (κ3) is 2.92. The highest BCUT2D eigenvalue weighted by Crippen LogP contribution is 2.31. The highest BCUT2D eigenvalue weighted by molar-refractivity contribution is 7.98. The normalized spacial score (nSPS) is 10.5. The minimum Gasteiger partial charge on any atom is -0.291 e. The van der Waals surface area contributed by atoms with Gasteiger partial charge in [-0.1, -0.05) is 35.0 Å². The first-order chi connectivity index (χ1) is 8.10. The van der Waals surface area contributed by atoms with E-state index in [0.29, 0.717) is 19.4 Å². The van der Waals surface area contributed by atoms with Crippen molar-refractivity contribution in [3.8, 4) is 0 Å². The zero-order valence-corrected chi connectivity index (χ0v) is 11.6. The molecule has 0 fully saturated rings. The van der Waals surface area contributed by atoms with Gasteiger partial charge in [0.05, 0.1) is 9.90 Å². The molecule has 0 aliphatic carbocycles. The van der Waals surface area contributed by atoms with Gasteiger partial charge in [-0.25, -0.2) is 5.10 Å². The number of anilines is 1. The first kappa shape index (κ1) is 12.7. The van der Waals surface area contributed by atoms with Gasteiger partial charge in [0, 0.05) is 0 Å². The molecule has 2 heterocycles. The monoisotopic (exact) mass is 308 g/mol. The van der Waals surface area contributed by atoms with Crippen LogP contribution in [0.25, 0.3) is 0 Å². The number of hydrogen-bond acceptors (Lipinski definition) is 5. The highest BCUT2D eigenvalue weighted by atomic mass is 35.5. The van der Waals surface area contributed by atoms with Crippen molar-refractivity contribution in [2.45, 2.75) is 5.16 Å². The Bertz CT molecular complexity index is 553. The molecule has 0 aliphatic rings. The molecule has 0 saturated carbocycles. The molecule has 9 heteroatoms. The van der Waals surface area contributed by atoms with E-state index in [-0.39, 0.29) is 11.9 Å². The quantitative estimate of drug-likeness (QED) is 0.855. The molecule has 2 aromatic heterocycles. The average molecular weight is 309 g/mol. The molecule has 0 unspecified atom stereocenters. The van der Waals surface area contributed by atoms with E-state index in [1.807, 2.05) is 6.26 Å². The molecular weight excluding hydrogens is 303 g/mol. The maximum Gasteiger partial charge on any atom is 0.260 e. The Labute approximate surface area is 115 Å². The molecule has 17 heavy (non-hydrogen) atoms. The molecule has 2 aromatic rings. The number of amides is 1. The van der Waals surface area contributed by atoms with Crippen molar-refractivity contribution in [3.05, 3.63) is 20.3 Å². The van der Waals surface area contributed by atoms with Gasteiger partial charge in [0.2, 0.25) is 11.1 Å². The Morgan fingerprint density at radius 2 is 2.35 bits per heavy atom. The topological polar surface area (TPSA) is 70.7 Å². The van der Waals surface area contributed by atoms with Crippen molar-refractivity contribution < 1.29 is 4.79 Å². The lowest BCUT2D eigenvalue weighted by Gasteiger charge is -1.98. The predicted molar refractivity (Wildman–Crippen MR) is 70.5 cm³/mol. The van der Waals surface area contributed by atoms with Crippen molar-refractivity contribution in [2.75, 3.05) is 11.6 Å². The third-order valence-corrected chi connectivity index (χ3v) is 3.82. The maximum absolute atomic E-state index is 11.8. The molecule has 0 radical (unpaired) electrons. The van der Waals surface area contributed by atoms with Crippen molar-refractivity contribution in [3.63, 3.8) is 0 Å². The summed E-state index contributed by atoms with van der Waals surface area (Å²) in [4.78, 5) is 15.8. The Balaban J connectivity index is 2.14. The number of carbonyl (C=O) groups excluding carboxylic acids is 1. The number of aromatic amines is 1. The van der Waals surface area contributed by atoms with Crippen LogP contribution >= 0.6 is 46.3 Å². The van der Waals surface area contributed by atoms with E-state index in [0.717, 1.165) is 11.3 Å². The lowest BCUT2D eigenvalue weighted by Crippen LogP contribution is -2.12. The van der Waals surface area contributed by atoms with Crippen LogP contribution in [-0.4, -0.2) is 27.3 Å². The summed E-state index contributed by atoms with van der Waals surface area (Å²) in [5.74, 6) is -0.0975. The number of halogens is 2. The minimum absolute atomic E-state index is 0.276. The second kappa shape index (κ2) is 5.26. The van der Waals surface area contributed by atoms with E-state index in [1.165, 1.54) is 17.8 Å². The molecule has 0 atom stereocenters. The van der Waals surface area contributed by atoms with Crippen LogP contribution in [0.3, 0.4) is 0 Å². The number of rotatable bonds is 3. The van der Waals surface area contributed by atoms with Crippen molar-refractivity contribution in [1.82, 2.24) is 15.2 Å². The first-order valence-corrected chi connectivity index (χ1v) is 7.12. The second-order valence-electron chi connectivity index (χ2n) is 2.86. The fourth-order valence-electron chi connectivity index (χ4n) is 1.06. The van der Waals surface area contributed by atoms with Gasteiger partial charge >= 0.3 is 0 Å². The Morgan fingerprint density at radius 3 is 2.88 bits per heavy atom. The Kier molecular flexibility index (Phi) is 3.93. The number of thiophene rings is 1. The van der Waals surface area contributed by atoms with Crippen LogP contribution in [0.5, 0.6) is 0 Å². The number of thioether (sulfide) groups is 1. The summed E-state index contributed by atoms with van der Waals surface area (Å²) in [7, 11) is 0. The standard InChI is InChI=1S/C8H6Cl2N4OS2/c1-16-8-12-7(13-14-8)11-6(15)3-2-4(9)17-5(3)10/h2H,1H3,(H2,11,12,13,14,15). The SMILES string of the molecule is CSc1n[nH]c(NC(=O)c2cc(Cl)sc2Cl)n1. The molecule has 0 aromatic carbocycles. The predicted octanol–water partition coefficient (Wildman–Crippen LogP) is 3.15. The number of aromatic nitrogens is 3. The maximum atomic E-state index is 11.8. The van der Waals surface area contributed by atoms with Gasteiger partial charge in [-0.2, -0.15) is 4.98 Å². The molecule has 2 N–H and O–H groups in total. The van der Waals surface area contributed by atoms with Crippen LogP contribution in [0, 0.1) is 0 Å². The molecule has 0 aliphatic heterocycles. The smallest absolute Gasteiger partial charge is 0.260 e. The van der Waals surface area contributed by atoms with Crippen LogP contribution in [0.4, 0.5) is 5.95 Å². The first-order valence-electron chi connectivity index (χ1n) is 4.32. The van der Waals surface area contributed by atoms with E-state index >= 15 is 0 Å². The van der Waals surface area contributed by atoms with E-state index in [1.54, 1.807) is 0 Å². The number of carbonyl (C=O) groups is 1. The van der Waals surface area contributed by atoms with Crippen molar-refractivity contribution in [1.29, 1.82) is 0 Å². The average Bonchev–Trinajstić information content (AvgIpc) is 2.85. The highest BCUT2D eigenvalue weighted by Gasteiger charge is 2.15. The summed E-state index contributed by atoms with van der Waals surface area (Å²) >= 11 is 14.1. The van der Waals surface area contributed by atoms with E-state index in [2.05, 4.69) is 20.5 Å². The second-order valence-corrected chi connectivity index (χ2v) is 5.92. The summed E-state index contributed by atoms with van der Waals surface area (Å²) in [5.41, 5.74) is 0.323. The van der Waals surface area contributed by atoms with Crippen LogP contribution in [0.15, 0.2) is 11.2 Å². The molecular formula is C8H6Cl2N4OS2. The van der Waals surface area contributed by atoms with Crippen LogP contribution in [-0.2, 0) is 0 Å². The van der Waals surface area contributed by atoms with Gasteiger partial charge in [-0.05, 0) is 12.3 Å². The zero-order chi connectivity index (χ0) is 12.4. The van der Waals surface area contributed by atoms with Gasteiger partial charge in [0.25, 0.3) is 5.91 Å². The van der Waals surface area contributed by atoms with Crippen LogP contribution in [0.2, 0.25) is 8.67 Å².